The van der Waals surface area contributed by atoms with Crippen LogP contribution in [0.15, 0.2) is 30.3 Å². The van der Waals surface area contributed by atoms with E-state index < -0.39 is 0 Å². The molecular formula is C9H12ClP. The van der Waals surface area contributed by atoms with Crippen molar-refractivity contribution in [2.45, 2.75) is 13.1 Å². The highest BCUT2D eigenvalue weighted by molar-refractivity contribution is 7.83. The van der Waals surface area contributed by atoms with Crippen molar-refractivity contribution in [2.24, 2.45) is 0 Å². The smallest absolute Gasteiger partial charge is 0.00657 e. The molecule has 0 fully saturated rings. The first-order valence-electron chi connectivity index (χ1n) is 3.77. The molecule has 0 aliphatic carbocycles. The fourth-order valence-corrected chi connectivity index (χ4v) is 2.14. The van der Waals surface area contributed by atoms with Gasteiger partial charge in [0, 0.05) is 6.16 Å². The summed E-state index contributed by atoms with van der Waals surface area (Å²) in [6.45, 7) is 2.14. The lowest BCUT2D eigenvalue weighted by molar-refractivity contribution is 1.37. The first-order chi connectivity index (χ1) is 5.33. The Hall–Kier alpha value is -0.0600. The van der Waals surface area contributed by atoms with E-state index in [1.165, 1.54) is 5.56 Å². The van der Waals surface area contributed by atoms with E-state index in [1.807, 2.05) is 6.07 Å². The predicted molar refractivity (Wildman–Crippen MR) is 53.5 cm³/mol. The van der Waals surface area contributed by atoms with Crippen molar-refractivity contribution in [1.82, 2.24) is 0 Å². The normalized spacial score (nSPS) is 12.9. The third kappa shape index (κ3) is 3.22. The summed E-state index contributed by atoms with van der Waals surface area (Å²) in [5.41, 5.74) is 1.36. The molecule has 0 bridgehead atoms. The van der Waals surface area contributed by atoms with Gasteiger partial charge >= 0.3 is 0 Å². The molecule has 60 valence electrons. The quantitative estimate of drug-likeness (QED) is 0.630. The molecule has 0 aliphatic rings. The molecule has 1 rings (SSSR count). The first kappa shape index (κ1) is 9.03. The molecule has 0 aromatic heterocycles. The second-order valence-electron chi connectivity index (χ2n) is 2.42. The van der Waals surface area contributed by atoms with E-state index in [0.717, 1.165) is 12.3 Å². The molecule has 0 aliphatic heterocycles. The molecule has 0 nitrogen and oxygen atoms in total. The summed E-state index contributed by atoms with van der Waals surface area (Å²) in [6, 6.07) is 10.4. The first-order valence-corrected chi connectivity index (χ1v) is 6.39. The van der Waals surface area contributed by atoms with Crippen LogP contribution in [-0.2, 0) is 6.16 Å². The number of halogens is 1. The SMILES string of the molecule is CCP(Cl)Cc1ccccc1. The summed E-state index contributed by atoms with van der Waals surface area (Å²) >= 11 is 6.06. The minimum Gasteiger partial charge on any atom is -0.0961 e. The number of hydrogen-bond acceptors (Lipinski definition) is 0. The van der Waals surface area contributed by atoms with Crippen LogP contribution in [0, 0.1) is 0 Å². The molecular weight excluding hydrogens is 175 g/mol. The van der Waals surface area contributed by atoms with Crippen LogP contribution in [0.25, 0.3) is 0 Å². The predicted octanol–water partition coefficient (Wildman–Crippen LogP) is 3.84. The molecule has 1 unspecified atom stereocenters. The van der Waals surface area contributed by atoms with Crippen molar-refractivity contribution in [2.75, 3.05) is 6.16 Å². The fraction of sp³-hybridized carbons (Fsp3) is 0.333. The van der Waals surface area contributed by atoms with Gasteiger partial charge in [-0.15, -0.1) is 0 Å². The lowest BCUT2D eigenvalue weighted by atomic mass is 10.2. The van der Waals surface area contributed by atoms with Gasteiger partial charge in [-0.1, -0.05) is 48.5 Å². The summed E-state index contributed by atoms with van der Waals surface area (Å²) in [6.07, 6.45) is 2.15. The standard InChI is InChI=1S/C9H12ClP/c1-2-11(10)8-9-6-4-3-5-7-9/h3-7H,2,8H2,1H3. The van der Waals surface area contributed by atoms with Gasteiger partial charge in [0.2, 0.25) is 0 Å². The van der Waals surface area contributed by atoms with E-state index in [0.29, 0.717) is 0 Å². The third-order valence-electron chi connectivity index (χ3n) is 1.54. The summed E-state index contributed by atoms with van der Waals surface area (Å²) < 4.78 is 0. The van der Waals surface area contributed by atoms with E-state index in [4.69, 9.17) is 11.2 Å². The third-order valence-corrected chi connectivity index (χ3v) is 4.01. The summed E-state index contributed by atoms with van der Waals surface area (Å²) in [4.78, 5) is 0. The summed E-state index contributed by atoms with van der Waals surface area (Å²) in [5.74, 6) is 0. The van der Waals surface area contributed by atoms with Crippen LogP contribution in [-0.4, -0.2) is 6.16 Å². The van der Waals surface area contributed by atoms with Crippen molar-refractivity contribution < 1.29 is 0 Å². The topological polar surface area (TPSA) is 0 Å². The van der Waals surface area contributed by atoms with Gasteiger partial charge in [-0.05, 0) is 19.0 Å². The molecule has 0 heterocycles. The summed E-state index contributed by atoms with van der Waals surface area (Å²) in [7, 11) is -0.282. The molecule has 0 saturated heterocycles. The van der Waals surface area contributed by atoms with E-state index in [-0.39, 0.29) is 7.27 Å². The monoisotopic (exact) mass is 186 g/mol. The highest BCUT2D eigenvalue weighted by Gasteiger charge is 2.00. The van der Waals surface area contributed by atoms with E-state index in [2.05, 4.69) is 31.2 Å². The highest BCUT2D eigenvalue weighted by atomic mass is 35.7. The van der Waals surface area contributed by atoms with Crippen molar-refractivity contribution >= 4 is 18.5 Å². The van der Waals surface area contributed by atoms with Crippen LogP contribution < -0.4 is 0 Å². The lowest BCUT2D eigenvalue weighted by Gasteiger charge is -2.05. The van der Waals surface area contributed by atoms with Crippen LogP contribution >= 0.6 is 18.5 Å². The number of rotatable bonds is 3. The van der Waals surface area contributed by atoms with E-state index in [1.54, 1.807) is 0 Å². The second-order valence-corrected chi connectivity index (χ2v) is 5.73. The van der Waals surface area contributed by atoms with Crippen LogP contribution in [0.2, 0.25) is 0 Å². The van der Waals surface area contributed by atoms with Gasteiger partial charge in [-0.25, -0.2) is 0 Å². The molecule has 1 aromatic rings. The van der Waals surface area contributed by atoms with Gasteiger partial charge in [-0.2, -0.15) is 0 Å². The van der Waals surface area contributed by atoms with Gasteiger partial charge in [0.05, 0.1) is 0 Å². The zero-order valence-corrected chi connectivity index (χ0v) is 8.28. The van der Waals surface area contributed by atoms with Gasteiger partial charge in [0.1, 0.15) is 0 Å². The molecule has 11 heavy (non-hydrogen) atoms. The van der Waals surface area contributed by atoms with Crippen LogP contribution in [0.1, 0.15) is 12.5 Å². The molecule has 2 heteroatoms. The maximum Gasteiger partial charge on any atom is 0.00657 e. The van der Waals surface area contributed by atoms with Gasteiger partial charge in [0.25, 0.3) is 0 Å². The molecule has 0 N–H and O–H groups in total. The Labute approximate surface area is 74.1 Å². The van der Waals surface area contributed by atoms with E-state index >= 15 is 0 Å². The van der Waals surface area contributed by atoms with Crippen molar-refractivity contribution in [3.8, 4) is 0 Å². The zero-order chi connectivity index (χ0) is 8.10. The minimum absolute atomic E-state index is 0.282. The van der Waals surface area contributed by atoms with E-state index in [9.17, 15) is 0 Å². The molecule has 0 spiro atoms. The van der Waals surface area contributed by atoms with Crippen LogP contribution in [0.4, 0.5) is 0 Å². The molecule has 0 radical (unpaired) electrons. The minimum atomic E-state index is -0.282. The summed E-state index contributed by atoms with van der Waals surface area (Å²) in [5, 5.41) is 0. The second kappa shape index (κ2) is 4.74. The molecule has 1 atom stereocenters. The Morgan fingerprint density at radius 1 is 1.27 bits per heavy atom. The Bertz CT molecular complexity index is 198. The average Bonchev–Trinajstić information content (AvgIpc) is 2.06. The Morgan fingerprint density at radius 3 is 2.45 bits per heavy atom. The molecule has 0 amide bonds. The van der Waals surface area contributed by atoms with Crippen molar-refractivity contribution in [1.29, 1.82) is 0 Å². The fourth-order valence-electron chi connectivity index (χ4n) is 0.893. The maximum atomic E-state index is 6.06. The molecule has 1 aromatic carbocycles. The maximum absolute atomic E-state index is 6.06. The van der Waals surface area contributed by atoms with Crippen molar-refractivity contribution in [3.05, 3.63) is 35.9 Å². The van der Waals surface area contributed by atoms with Gasteiger partial charge < -0.3 is 0 Å². The molecule has 0 saturated carbocycles. The van der Waals surface area contributed by atoms with Gasteiger partial charge in [-0.3, -0.25) is 0 Å². The lowest BCUT2D eigenvalue weighted by Crippen LogP contribution is -1.80. The Balaban J connectivity index is 2.51. The highest BCUT2D eigenvalue weighted by Crippen LogP contribution is 2.43. The largest absolute Gasteiger partial charge is 0.0961 e. The average molecular weight is 187 g/mol. The number of benzene rings is 1. The Morgan fingerprint density at radius 2 is 1.91 bits per heavy atom. The zero-order valence-electron chi connectivity index (χ0n) is 6.63. The van der Waals surface area contributed by atoms with Gasteiger partial charge in [0.15, 0.2) is 0 Å². The van der Waals surface area contributed by atoms with Crippen molar-refractivity contribution in [3.63, 3.8) is 0 Å². The van der Waals surface area contributed by atoms with Crippen LogP contribution in [0.5, 0.6) is 0 Å². The number of hydrogen-bond donors (Lipinski definition) is 0. The van der Waals surface area contributed by atoms with Crippen LogP contribution in [0.3, 0.4) is 0 Å². The Kier molecular flexibility index (Phi) is 3.90.